The molecule has 1 saturated heterocycles. The topological polar surface area (TPSA) is 71.9 Å². The molecule has 1 N–H and O–H groups in total. The molecule has 5 rings (SSSR count). The Morgan fingerprint density at radius 3 is 2.34 bits per heavy atom. The molecule has 1 aromatic heterocycles. The molecule has 1 aliphatic heterocycles. The summed E-state index contributed by atoms with van der Waals surface area (Å²) >= 11 is 0. The quantitative estimate of drug-likeness (QED) is 0.485. The van der Waals surface area contributed by atoms with Gasteiger partial charge in [0, 0.05) is 44.7 Å². The Labute approximate surface area is 206 Å². The molecule has 1 aliphatic carbocycles. The molecule has 0 atom stereocenters. The van der Waals surface area contributed by atoms with E-state index in [4.69, 9.17) is 14.6 Å². The smallest absolute Gasteiger partial charge is 0.239 e. The maximum Gasteiger partial charge on any atom is 0.239 e. The van der Waals surface area contributed by atoms with Gasteiger partial charge < -0.3 is 14.8 Å². The summed E-state index contributed by atoms with van der Waals surface area (Å²) in [4.78, 5) is 17.5. The summed E-state index contributed by atoms with van der Waals surface area (Å²) in [7, 11) is 1.66. The van der Waals surface area contributed by atoms with Crippen LogP contribution < -0.4 is 14.8 Å². The summed E-state index contributed by atoms with van der Waals surface area (Å²) in [6.45, 7) is 5.46. The first-order valence-corrected chi connectivity index (χ1v) is 12.3. The van der Waals surface area contributed by atoms with Crippen molar-refractivity contribution in [1.82, 2.24) is 19.6 Å². The van der Waals surface area contributed by atoms with Crippen LogP contribution in [0, 0.1) is 0 Å². The Morgan fingerprint density at radius 1 is 0.971 bits per heavy atom. The molecule has 8 heteroatoms. The van der Waals surface area contributed by atoms with E-state index in [2.05, 4.69) is 15.1 Å². The third-order valence-corrected chi connectivity index (χ3v) is 6.56. The third kappa shape index (κ3) is 6.21. The number of hydrogen-bond donors (Lipinski definition) is 1. The van der Waals surface area contributed by atoms with Crippen LogP contribution in [0.1, 0.15) is 24.5 Å². The molecule has 1 saturated carbocycles. The zero-order valence-corrected chi connectivity index (χ0v) is 20.2. The maximum absolute atomic E-state index is 12.9. The predicted octanol–water partition coefficient (Wildman–Crippen LogP) is 3.39. The molecule has 2 heterocycles. The molecule has 2 aromatic carbocycles. The monoisotopic (exact) mass is 475 g/mol. The van der Waals surface area contributed by atoms with Crippen molar-refractivity contribution in [3.05, 3.63) is 66.4 Å². The van der Waals surface area contributed by atoms with Crippen molar-refractivity contribution in [1.29, 1.82) is 0 Å². The molecule has 35 heavy (non-hydrogen) atoms. The van der Waals surface area contributed by atoms with E-state index in [1.807, 2.05) is 65.3 Å². The zero-order valence-electron chi connectivity index (χ0n) is 20.2. The standard InChI is InChI=1S/C27H33N5O3/c1-34-23-9-11-24(12-10-23)35-18-17-30-13-15-31(16-14-30)20-27(33)28-26-19-25(21-7-8-21)29-32(26)22-5-3-2-4-6-22/h2-6,9-12,19,21H,7-8,13-18,20H2,1H3,(H,28,33). The van der Waals surface area contributed by atoms with Gasteiger partial charge in [0.2, 0.25) is 5.91 Å². The minimum absolute atomic E-state index is 0.000664. The van der Waals surface area contributed by atoms with Crippen molar-refractivity contribution in [3.8, 4) is 17.2 Å². The minimum Gasteiger partial charge on any atom is -0.497 e. The molecule has 0 radical (unpaired) electrons. The van der Waals surface area contributed by atoms with Crippen molar-refractivity contribution < 1.29 is 14.3 Å². The summed E-state index contributed by atoms with van der Waals surface area (Å²) in [6, 6.07) is 19.7. The molecule has 3 aromatic rings. The van der Waals surface area contributed by atoms with Crippen molar-refractivity contribution in [2.24, 2.45) is 0 Å². The van der Waals surface area contributed by atoms with Gasteiger partial charge in [-0.1, -0.05) is 18.2 Å². The predicted molar refractivity (Wildman–Crippen MR) is 136 cm³/mol. The van der Waals surface area contributed by atoms with Gasteiger partial charge in [-0.25, -0.2) is 4.68 Å². The summed E-state index contributed by atoms with van der Waals surface area (Å²) in [5.74, 6) is 2.95. The second-order valence-corrected chi connectivity index (χ2v) is 9.17. The second kappa shape index (κ2) is 10.9. The fourth-order valence-corrected chi connectivity index (χ4v) is 4.35. The fraction of sp³-hybridized carbons (Fsp3) is 0.407. The van der Waals surface area contributed by atoms with Gasteiger partial charge in [-0.2, -0.15) is 5.10 Å². The van der Waals surface area contributed by atoms with Crippen molar-refractivity contribution >= 4 is 11.7 Å². The number of aromatic nitrogens is 2. The lowest BCUT2D eigenvalue weighted by molar-refractivity contribution is -0.117. The number of ether oxygens (including phenoxy) is 2. The number of hydrogen-bond acceptors (Lipinski definition) is 6. The van der Waals surface area contributed by atoms with Crippen LogP contribution in [0.5, 0.6) is 11.5 Å². The minimum atomic E-state index is 0.000664. The van der Waals surface area contributed by atoms with Crippen LogP contribution in [-0.4, -0.2) is 78.5 Å². The zero-order chi connectivity index (χ0) is 24.0. The van der Waals surface area contributed by atoms with E-state index in [1.165, 1.54) is 12.8 Å². The lowest BCUT2D eigenvalue weighted by Gasteiger charge is -2.34. The third-order valence-electron chi connectivity index (χ3n) is 6.56. The van der Waals surface area contributed by atoms with Crippen molar-refractivity contribution in [2.45, 2.75) is 18.8 Å². The van der Waals surface area contributed by atoms with Gasteiger partial charge >= 0.3 is 0 Å². The van der Waals surface area contributed by atoms with Gasteiger partial charge in [-0.3, -0.25) is 14.6 Å². The van der Waals surface area contributed by atoms with Gasteiger partial charge in [0.15, 0.2) is 0 Å². The van der Waals surface area contributed by atoms with Gasteiger partial charge in [-0.05, 0) is 49.2 Å². The fourth-order valence-electron chi connectivity index (χ4n) is 4.35. The number of para-hydroxylation sites is 1. The first-order chi connectivity index (χ1) is 17.2. The number of methoxy groups -OCH3 is 1. The molecule has 184 valence electrons. The highest BCUT2D eigenvalue weighted by atomic mass is 16.5. The lowest BCUT2D eigenvalue weighted by Crippen LogP contribution is -2.49. The molecule has 0 unspecified atom stereocenters. The van der Waals surface area contributed by atoms with E-state index in [0.29, 0.717) is 19.1 Å². The van der Waals surface area contributed by atoms with Gasteiger partial charge in [0.05, 0.1) is 25.0 Å². The summed E-state index contributed by atoms with van der Waals surface area (Å²) in [5.41, 5.74) is 2.02. The Bertz CT molecular complexity index is 1100. The molecular formula is C27H33N5O3. The molecule has 8 nitrogen and oxygen atoms in total. The molecule has 2 aliphatic rings. The van der Waals surface area contributed by atoms with Crippen LogP contribution in [0.15, 0.2) is 60.7 Å². The Morgan fingerprint density at radius 2 is 1.66 bits per heavy atom. The van der Waals surface area contributed by atoms with Crippen LogP contribution >= 0.6 is 0 Å². The van der Waals surface area contributed by atoms with Crippen LogP contribution in [0.25, 0.3) is 5.69 Å². The highest BCUT2D eigenvalue weighted by molar-refractivity contribution is 5.91. The normalized spacial score (nSPS) is 16.7. The average molecular weight is 476 g/mol. The number of carbonyl (C=O) groups excluding carboxylic acids is 1. The number of benzene rings is 2. The summed E-state index contributed by atoms with van der Waals surface area (Å²) in [6.07, 6.45) is 2.35. The number of nitrogens with one attached hydrogen (secondary N) is 1. The highest BCUT2D eigenvalue weighted by Crippen LogP contribution is 2.40. The maximum atomic E-state index is 12.9. The number of piperazine rings is 1. The Kier molecular flexibility index (Phi) is 7.30. The lowest BCUT2D eigenvalue weighted by atomic mass is 10.3. The van der Waals surface area contributed by atoms with Gasteiger partial charge in [0.1, 0.15) is 23.9 Å². The molecule has 2 fully saturated rings. The van der Waals surface area contributed by atoms with E-state index in [1.54, 1.807) is 7.11 Å². The number of rotatable bonds is 10. The molecule has 1 amide bonds. The number of carbonyl (C=O) groups is 1. The Balaban J connectivity index is 1.08. The number of nitrogens with zero attached hydrogens (tertiary/aromatic N) is 4. The van der Waals surface area contributed by atoms with Crippen LogP contribution in [0.3, 0.4) is 0 Å². The summed E-state index contributed by atoms with van der Waals surface area (Å²) < 4.78 is 12.9. The van der Waals surface area contributed by atoms with E-state index < -0.39 is 0 Å². The van der Waals surface area contributed by atoms with Crippen molar-refractivity contribution in [2.75, 3.05) is 58.3 Å². The van der Waals surface area contributed by atoms with E-state index >= 15 is 0 Å². The number of anilines is 1. The molecule has 0 spiro atoms. The largest absolute Gasteiger partial charge is 0.497 e. The SMILES string of the molecule is COc1ccc(OCCN2CCN(CC(=O)Nc3cc(C4CC4)nn3-c3ccccc3)CC2)cc1. The van der Waals surface area contributed by atoms with Gasteiger partial charge in [-0.15, -0.1) is 0 Å². The number of amides is 1. The molecular weight excluding hydrogens is 442 g/mol. The van der Waals surface area contributed by atoms with Gasteiger partial charge in [0.25, 0.3) is 0 Å². The second-order valence-electron chi connectivity index (χ2n) is 9.17. The van der Waals surface area contributed by atoms with Crippen LogP contribution in [-0.2, 0) is 4.79 Å². The van der Waals surface area contributed by atoms with E-state index in [9.17, 15) is 4.79 Å². The molecule has 0 bridgehead atoms. The average Bonchev–Trinajstić information content (AvgIpc) is 3.66. The first kappa shape index (κ1) is 23.4. The van der Waals surface area contributed by atoms with E-state index in [-0.39, 0.29) is 5.91 Å². The van der Waals surface area contributed by atoms with E-state index in [0.717, 1.165) is 61.4 Å². The van der Waals surface area contributed by atoms with Crippen molar-refractivity contribution in [3.63, 3.8) is 0 Å². The Hall–Kier alpha value is -3.36. The highest BCUT2D eigenvalue weighted by Gasteiger charge is 2.28. The summed E-state index contributed by atoms with van der Waals surface area (Å²) in [5, 5.41) is 7.88. The van der Waals surface area contributed by atoms with Crippen LogP contribution in [0.2, 0.25) is 0 Å². The first-order valence-electron chi connectivity index (χ1n) is 12.3. The van der Waals surface area contributed by atoms with Crippen LogP contribution in [0.4, 0.5) is 5.82 Å².